The Balaban J connectivity index is 1.66. The second-order valence-corrected chi connectivity index (χ2v) is 11.6. The summed E-state index contributed by atoms with van der Waals surface area (Å²) in [5, 5.41) is 4.35. The lowest BCUT2D eigenvalue weighted by Gasteiger charge is -2.52. The van der Waals surface area contributed by atoms with E-state index in [9.17, 15) is 8.42 Å². The molecule has 0 N–H and O–H groups in total. The summed E-state index contributed by atoms with van der Waals surface area (Å²) in [7, 11) is 0.349. The van der Waals surface area contributed by atoms with Gasteiger partial charge in [-0.2, -0.15) is 9.40 Å². The number of hydrogen-bond donors (Lipinski definition) is 0. The van der Waals surface area contributed by atoms with Gasteiger partial charge in [-0.25, -0.2) is 8.42 Å². The highest BCUT2D eigenvalue weighted by atomic mass is 32.2. The molecule has 0 amide bonds. The van der Waals surface area contributed by atoms with Crippen molar-refractivity contribution in [2.45, 2.75) is 75.0 Å². The van der Waals surface area contributed by atoms with Crippen molar-refractivity contribution in [3.63, 3.8) is 0 Å². The topological polar surface area (TPSA) is 58.4 Å². The maximum absolute atomic E-state index is 14.1. The van der Waals surface area contributed by atoms with Gasteiger partial charge in [0.1, 0.15) is 4.90 Å². The van der Waals surface area contributed by atoms with Crippen LogP contribution in [0.2, 0.25) is 0 Å². The molecule has 5 atom stereocenters. The molecule has 30 heavy (non-hydrogen) atoms. The zero-order valence-electron chi connectivity index (χ0n) is 18.3. The quantitative estimate of drug-likeness (QED) is 0.751. The molecule has 1 aliphatic carbocycles. The van der Waals surface area contributed by atoms with Crippen molar-refractivity contribution in [1.29, 1.82) is 0 Å². The number of hydrogen-bond acceptors (Lipinski definition) is 4. The monoisotopic (exact) mass is 428 g/mol. The van der Waals surface area contributed by atoms with Gasteiger partial charge in [-0.3, -0.25) is 9.58 Å². The average molecular weight is 429 g/mol. The van der Waals surface area contributed by atoms with E-state index in [2.05, 4.69) is 36.1 Å². The van der Waals surface area contributed by atoms with E-state index in [1.807, 2.05) is 22.5 Å². The highest BCUT2D eigenvalue weighted by molar-refractivity contribution is 7.89. The molecule has 2 saturated heterocycles. The third kappa shape index (κ3) is 2.82. The molecule has 0 spiro atoms. The van der Waals surface area contributed by atoms with Crippen molar-refractivity contribution < 1.29 is 8.42 Å². The van der Waals surface area contributed by atoms with E-state index >= 15 is 0 Å². The number of likely N-dealkylation sites (tertiary alicyclic amines) is 1. The van der Waals surface area contributed by atoms with Crippen LogP contribution >= 0.6 is 0 Å². The van der Waals surface area contributed by atoms with Crippen LogP contribution in [0.3, 0.4) is 0 Å². The van der Waals surface area contributed by atoms with Crippen LogP contribution < -0.4 is 0 Å². The van der Waals surface area contributed by atoms with Crippen molar-refractivity contribution in [1.82, 2.24) is 19.0 Å². The summed E-state index contributed by atoms with van der Waals surface area (Å²) in [6.07, 6.45) is 6.68. The van der Waals surface area contributed by atoms with Crippen LogP contribution in [0.5, 0.6) is 0 Å². The third-order valence-corrected chi connectivity index (χ3v) is 10.1. The Kier molecular flexibility index (Phi) is 4.65. The molecule has 0 unspecified atom stereocenters. The zero-order chi connectivity index (χ0) is 21.3. The van der Waals surface area contributed by atoms with E-state index in [4.69, 9.17) is 0 Å². The minimum atomic E-state index is -3.66. The Bertz CT molecular complexity index is 1050. The molecule has 162 valence electrons. The standard InChI is InChI=1S/C23H32N4O2S/c1-16-20(15-25(3)24-16)30(28,29)27-18(13-17-9-6-5-7-10-17)19-14-23(2)21(26(19)4)11-8-12-22(23)27/h5-7,9-10,15,18-19,21-22H,8,11-14H2,1-4H3/t18-,19-,21-,22+,23-/m0/s1. The summed E-state index contributed by atoms with van der Waals surface area (Å²) in [4.78, 5) is 2.86. The van der Waals surface area contributed by atoms with Gasteiger partial charge in [-0.1, -0.05) is 43.7 Å². The fourth-order valence-corrected chi connectivity index (χ4v) is 8.93. The molecule has 0 radical (unpaired) electrons. The van der Waals surface area contributed by atoms with Gasteiger partial charge in [0.2, 0.25) is 10.0 Å². The van der Waals surface area contributed by atoms with Gasteiger partial charge in [0.05, 0.1) is 5.69 Å². The lowest BCUT2D eigenvalue weighted by Crippen LogP contribution is -2.62. The first kappa shape index (κ1) is 20.2. The highest BCUT2D eigenvalue weighted by Gasteiger charge is 2.64. The minimum absolute atomic E-state index is 0.00797. The van der Waals surface area contributed by atoms with Crippen molar-refractivity contribution >= 4 is 10.0 Å². The van der Waals surface area contributed by atoms with Crippen LogP contribution in [0.15, 0.2) is 41.4 Å². The molecule has 1 saturated carbocycles. The lowest BCUT2D eigenvalue weighted by atomic mass is 9.65. The van der Waals surface area contributed by atoms with Crippen molar-refractivity contribution in [2.24, 2.45) is 12.5 Å². The largest absolute Gasteiger partial charge is 0.298 e. The number of piperidine rings is 1. The predicted molar refractivity (Wildman–Crippen MR) is 117 cm³/mol. The fourth-order valence-electron chi connectivity index (χ4n) is 6.75. The summed E-state index contributed by atoms with van der Waals surface area (Å²) in [5.74, 6) is 0. The van der Waals surface area contributed by atoms with Crippen LogP contribution in [-0.2, 0) is 23.5 Å². The molecule has 6 nitrogen and oxygen atoms in total. The summed E-state index contributed by atoms with van der Waals surface area (Å²) >= 11 is 0. The van der Waals surface area contributed by atoms with Gasteiger partial charge in [0.25, 0.3) is 0 Å². The van der Waals surface area contributed by atoms with E-state index in [1.165, 1.54) is 5.56 Å². The second-order valence-electron chi connectivity index (χ2n) is 9.75. The Morgan fingerprint density at radius 1 is 1.13 bits per heavy atom. The number of sulfonamides is 1. The Morgan fingerprint density at radius 3 is 2.50 bits per heavy atom. The van der Waals surface area contributed by atoms with Crippen LogP contribution in [0, 0.1) is 12.3 Å². The molecular formula is C23H32N4O2S. The highest BCUT2D eigenvalue weighted by Crippen LogP contribution is 2.57. The minimum Gasteiger partial charge on any atom is -0.298 e. The summed E-state index contributed by atoms with van der Waals surface area (Å²) in [5.41, 5.74) is 1.79. The normalized spacial score (nSPS) is 34.4. The number of likely N-dealkylation sites (N-methyl/N-ethyl adjacent to an activating group) is 1. The molecule has 1 aromatic carbocycles. The molecule has 2 bridgehead atoms. The molecule has 2 aliphatic heterocycles. The number of nitrogens with zero attached hydrogens (tertiary/aromatic N) is 4. The second kappa shape index (κ2) is 6.90. The van der Waals surface area contributed by atoms with Crippen LogP contribution in [0.4, 0.5) is 0 Å². The molecule has 7 heteroatoms. The maximum Gasteiger partial charge on any atom is 0.247 e. The van der Waals surface area contributed by atoms with E-state index in [0.717, 1.165) is 32.1 Å². The van der Waals surface area contributed by atoms with Crippen LogP contribution in [0.25, 0.3) is 0 Å². The molecule has 3 aliphatic rings. The summed E-state index contributed by atoms with van der Waals surface area (Å²) < 4.78 is 31.8. The third-order valence-electron chi connectivity index (χ3n) is 8.03. The molecule has 1 aromatic heterocycles. The Labute approximate surface area is 179 Å². The van der Waals surface area contributed by atoms with E-state index in [1.54, 1.807) is 24.9 Å². The number of rotatable bonds is 4. The fraction of sp³-hybridized carbons (Fsp3) is 0.609. The van der Waals surface area contributed by atoms with Gasteiger partial charge in [-0.15, -0.1) is 0 Å². The van der Waals surface area contributed by atoms with Gasteiger partial charge in [-0.05, 0) is 45.2 Å². The molecular weight excluding hydrogens is 396 g/mol. The summed E-state index contributed by atoms with van der Waals surface area (Å²) in [6.45, 7) is 4.13. The predicted octanol–water partition coefficient (Wildman–Crippen LogP) is 2.98. The number of aryl methyl sites for hydroxylation is 2. The summed E-state index contributed by atoms with van der Waals surface area (Å²) in [6, 6.07) is 11.0. The van der Waals surface area contributed by atoms with Gasteiger partial charge < -0.3 is 0 Å². The Hall–Kier alpha value is -1.70. The maximum atomic E-state index is 14.1. The van der Waals surface area contributed by atoms with Crippen molar-refractivity contribution in [3.05, 3.63) is 47.8 Å². The number of fused-ring (bicyclic) bond motifs is 1. The smallest absolute Gasteiger partial charge is 0.247 e. The van der Waals surface area contributed by atoms with Crippen molar-refractivity contribution in [3.8, 4) is 0 Å². The average Bonchev–Trinajstić information content (AvgIpc) is 3.18. The number of benzene rings is 1. The first-order chi connectivity index (χ1) is 14.2. The molecule has 3 fully saturated rings. The van der Waals surface area contributed by atoms with Gasteiger partial charge in [0.15, 0.2) is 0 Å². The first-order valence-electron chi connectivity index (χ1n) is 11.0. The SMILES string of the molecule is Cc1nn(C)cc1S(=O)(=O)N1[C@@H](Cc2ccccc2)[C@@H]2C[C@@]3(C)[C@H](CCC[C@@H]13)N2C. The Morgan fingerprint density at radius 2 is 1.83 bits per heavy atom. The van der Waals surface area contributed by atoms with E-state index in [0.29, 0.717) is 16.6 Å². The molecule has 3 heterocycles. The number of aromatic nitrogens is 2. The van der Waals surface area contributed by atoms with E-state index < -0.39 is 10.0 Å². The van der Waals surface area contributed by atoms with Gasteiger partial charge >= 0.3 is 0 Å². The van der Waals surface area contributed by atoms with Crippen LogP contribution in [0.1, 0.15) is 43.9 Å². The zero-order valence-corrected chi connectivity index (χ0v) is 19.1. The lowest BCUT2D eigenvalue weighted by molar-refractivity contribution is 0.0340. The molecule has 2 aromatic rings. The van der Waals surface area contributed by atoms with Gasteiger partial charge in [0, 0.05) is 42.8 Å². The van der Waals surface area contributed by atoms with E-state index in [-0.39, 0.29) is 23.5 Å². The molecule has 5 rings (SSSR count). The van der Waals surface area contributed by atoms with Crippen molar-refractivity contribution in [2.75, 3.05) is 7.05 Å². The first-order valence-corrected chi connectivity index (χ1v) is 12.5. The van der Waals surface area contributed by atoms with Crippen LogP contribution in [-0.4, -0.2) is 58.6 Å².